The Kier molecular flexibility index (Phi) is 3.95. The second-order valence-corrected chi connectivity index (χ2v) is 5.51. The molecule has 0 saturated heterocycles. The molecule has 1 amide bonds. The summed E-state index contributed by atoms with van der Waals surface area (Å²) in [7, 11) is 0. The highest BCUT2D eigenvalue weighted by Gasteiger charge is 2.21. The van der Waals surface area contributed by atoms with Crippen molar-refractivity contribution in [2.45, 2.75) is 32.1 Å². The Balaban J connectivity index is 1.61. The number of carbonyl (C=O) groups excluding carboxylic acids is 1. The molecule has 3 rings (SSSR count). The van der Waals surface area contributed by atoms with E-state index in [0.717, 1.165) is 30.2 Å². The quantitative estimate of drug-likeness (QED) is 0.926. The van der Waals surface area contributed by atoms with Gasteiger partial charge in [0.1, 0.15) is 0 Å². The Morgan fingerprint density at radius 3 is 2.85 bits per heavy atom. The van der Waals surface area contributed by atoms with Crippen molar-refractivity contribution in [1.82, 2.24) is 10.3 Å². The summed E-state index contributed by atoms with van der Waals surface area (Å²) in [4.78, 5) is 16.4. The van der Waals surface area contributed by atoms with Gasteiger partial charge in [-0.25, -0.2) is 0 Å². The van der Waals surface area contributed by atoms with Gasteiger partial charge in [-0.05, 0) is 30.9 Å². The predicted octanol–water partition coefficient (Wildman–Crippen LogP) is 3.08. The first-order valence-corrected chi connectivity index (χ1v) is 7.45. The Morgan fingerprint density at radius 1 is 1.20 bits per heavy atom. The number of amides is 1. The molecule has 1 saturated carbocycles. The number of pyridine rings is 1. The molecular weight excluding hydrogens is 248 g/mol. The van der Waals surface area contributed by atoms with Crippen LogP contribution >= 0.6 is 0 Å². The van der Waals surface area contributed by atoms with Crippen molar-refractivity contribution in [2.75, 3.05) is 6.54 Å². The van der Waals surface area contributed by atoms with Gasteiger partial charge in [-0.3, -0.25) is 9.78 Å². The molecule has 0 radical (unpaired) electrons. The van der Waals surface area contributed by atoms with E-state index in [2.05, 4.69) is 34.6 Å². The number of carbonyl (C=O) groups is 1. The summed E-state index contributed by atoms with van der Waals surface area (Å²) in [6, 6.07) is 10.2. The van der Waals surface area contributed by atoms with Gasteiger partial charge in [-0.2, -0.15) is 0 Å². The summed E-state index contributed by atoms with van der Waals surface area (Å²) in [6.07, 6.45) is 7.18. The summed E-state index contributed by atoms with van der Waals surface area (Å²) in [6.45, 7) is 0.699. The van der Waals surface area contributed by atoms with Crippen LogP contribution in [0.15, 0.2) is 36.5 Å². The monoisotopic (exact) mass is 268 g/mol. The van der Waals surface area contributed by atoms with E-state index in [0.29, 0.717) is 6.54 Å². The maximum absolute atomic E-state index is 12.0. The molecule has 1 fully saturated rings. The highest BCUT2D eigenvalue weighted by molar-refractivity contribution is 5.82. The lowest BCUT2D eigenvalue weighted by Crippen LogP contribution is -2.30. The lowest BCUT2D eigenvalue weighted by Gasteiger charge is -2.11. The molecule has 104 valence electrons. The molecule has 0 atom stereocenters. The minimum atomic E-state index is 0.232. The van der Waals surface area contributed by atoms with E-state index in [4.69, 9.17) is 0 Å². The van der Waals surface area contributed by atoms with Gasteiger partial charge in [0, 0.05) is 24.0 Å². The van der Waals surface area contributed by atoms with Crippen molar-refractivity contribution in [3.8, 4) is 0 Å². The van der Waals surface area contributed by atoms with Crippen LogP contribution in [0.4, 0.5) is 0 Å². The normalized spacial score (nSPS) is 15.6. The van der Waals surface area contributed by atoms with Gasteiger partial charge >= 0.3 is 0 Å². The summed E-state index contributed by atoms with van der Waals surface area (Å²) in [5.74, 6) is 0.483. The molecule has 0 unspecified atom stereocenters. The SMILES string of the molecule is O=C(NCCc1cccc2cccnc12)C1CCCC1. The Labute approximate surface area is 119 Å². The van der Waals surface area contributed by atoms with Crippen LogP contribution in [0, 0.1) is 5.92 Å². The van der Waals surface area contributed by atoms with E-state index >= 15 is 0 Å². The Morgan fingerprint density at radius 2 is 2.00 bits per heavy atom. The van der Waals surface area contributed by atoms with E-state index in [1.807, 2.05) is 12.3 Å². The van der Waals surface area contributed by atoms with Crippen LogP contribution < -0.4 is 5.32 Å². The maximum atomic E-state index is 12.0. The van der Waals surface area contributed by atoms with E-state index in [-0.39, 0.29) is 11.8 Å². The van der Waals surface area contributed by atoms with E-state index < -0.39 is 0 Å². The number of benzene rings is 1. The van der Waals surface area contributed by atoms with Crippen molar-refractivity contribution in [3.63, 3.8) is 0 Å². The lowest BCUT2D eigenvalue weighted by atomic mass is 10.1. The topological polar surface area (TPSA) is 42.0 Å². The highest BCUT2D eigenvalue weighted by Crippen LogP contribution is 2.24. The fourth-order valence-corrected chi connectivity index (χ4v) is 3.02. The van der Waals surface area contributed by atoms with Crippen LogP contribution in [-0.2, 0) is 11.2 Å². The number of rotatable bonds is 4. The first-order chi connectivity index (χ1) is 9.84. The summed E-state index contributed by atoms with van der Waals surface area (Å²) >= 11 is 0. The molecule has 1 aliphatic rings. The minimum Gasteiger partial charge on any atom is -0.356 e. The van der Waals surface area contributed by atoms with Gasteiger partial charge in [-0.1, -0.05) is 37.1 Å². The van der Waals surface area contributed by atoms with Crippen molar-refractivity contribution in [1.29, 1.82) is 0 Å². The number of nitrogens with zero attached hydrogens (tertiary/aromatic N) is 1. The second-order valence-electron chi connectivity index (χ2n) is 5.51. The lowest BCUT2D eigenvalue weighted by molar-refractivity contribution is -0.124. The molecule has 1 aromatic heterocycles. The number of para-hydroxylation sites is 1. The molecule has 0 aliphatic heterocycles. The van der Waals surface area contributed by atoms with Crippen LogP contribution in [-0.4, -0.2) is 17.4 Å². The zero-order valence-electron chi connectivity index (χ0n) is 11.6. The predicted molar refractivity (Wildman–Crippen MR) is 80.4 cm³/mol. The molecule has 1 aromatic carbocycles. The van der Waals surface area contributed by atoms with Crippen LogP contribution in [0.1, 0.15) is 31.2 Å². The number of aromatic nitrogens is 1. The van der Waals surface area contributed by atoms with Crippen molar-refractivity contribution in [2.24, 2.45) is 5.92 Å². The Hall–Kier alpha value is -1.90. The largest absolute Gasteiger partial charge is 0.356 e. The second kappa shape index (κ2) is 6.04. The number of nitrogens with one attached hydrogen (secondary N) is 1. The molecule has 1 heterocycles. The standard InChI is InChI=1S/C17H20N2O/c20-17(15-5-1-2-6-15)19-12-10-14-8-3-7-13-9-4-11-18-16(13)14/h3-4,7-9,11,15H,1-2,5-6,10,12H2,(H,19,20). The van der Waals surface area contributed by atoms with Gasteiger partial charge in [0.05, 0.1) is 5.52 Å². The zero-order chi connectivity index (χ0) is 13.8. The van der Waals surface area contributed by atoms with Crippen molar-refractivity contribution < 1.29 is 4.79 Å². The van der Waals surface area contributed by atoms with Crippen molar-refractivity contribution in [3.05, 3.63) is 42.1 Å². The number of hydrogen-bond acceptors (Lipinski definition) is 2. The first-order valence-electron chi connectivity index (χ1n) is 7.45. The molecule has 20 heavy (non-hydrogen) atoms. The molecule has 2 aromatic rings. The molecule has 3 nitrogen and oxygen atoms in total. The smallest absolute Gasteiger partial charge is 0.223 e. The van der Waals surface area contributed by atoms with E-state index in [9.17, 15) is 4.79 Å². The fraction of sp³-hybridized carbons (Fsp3) is 0.412. The summed E-state index contributed by atoms with van der Waals surface area (Å²) in [5.41, 5.74) is 2.25. The molecule has 3 heteroatoms. The fourth-order valence-electron chi connectivity index (χ4n) is 3.02. The van der Waals surface area contributed by atoms with Crippen LogP contribution in [0.25, 0.3) is 10.9 Å². The average Bonchev–Trinajstić information content (AvgIpc) is 3.02. The van der Waals surface area contributed by atoms with Crippen LogP contribution in [0.5, 0.6) is 0 Å². The summed E-state index contributed by atoms with van der Waals surface area (Å²) < 4.78 is 0. The van der Waals surface area contributed by atoms with Crippen LogP contribution in [0.2, 0.25) is 0 Å². The van der Waals surface area contributed by atoms with Gasteiger partial charge < -0.3 is 5.32 Å². The number of fused-ring (bicyclic) bond motifs is 1. The zero-order valence-corrected chi connectivity index (χ0v) is 11.6. The van der Waals surface area contributed by atoms with E-state index in [1.54, 1.807) is 0 Å². The maximum Gasteiger partial charge on any atom is 0.223 e. The third kappa shape index (κ3) is 2.82. The Bertz CT molecular complexity index is 597. The summed E-state index contributed by atoms with van der Waals surface area (Å²) in [5, 5.41) is 4.23. The molecule has 1 N–H and O–H groups in total. The van der Waals surface area contributed by atoms with Gasteiger partial charge in [0.25, 0.3) is 0 Å². The molecule has 1 aliphatic carbocycles. The van der Waals surface area contributed by atoms with Gasteiger partial charge in [0.2, 0.25) is 5.91 Å². The van der Waals surface area contributed by atoms with Gasteiger partial charge in [-0.15, -0.1) is 0 Å². The van der Waals surface area contributed by atoms with Crippen LogP contribution in [0.3, 0.4) is 0 Å². The highest BCUT2D eigenvalue weighted by atomic mass is 16.1. The number of hydrogen-bond donors (Lipinski definition) is 1. The molecule has 0 spiro atoms. The molecule has 0 bridgehead atoms. The average molecular weight is 268 g/mol. The minimum absolute atomic E-state index is 0.232. The van der Waals surface area contributed by atoms with Crippen molar-refractivity contribution >= 4 is 16.8 Å². The van der Waals surface area contributed by atoms with Gasteiger partial charge in [0.15, 0.2) is 0 Å². The van der Waals surface area contributed by atoms with E-state index in [1.165, 1.54) is 18.4 Å². The third-order valence-electron chi connectivity index (χ3n) is 4.14. The first kappa shape index (κ1) is 13.1. The molecular formula is C17H20N2O. The third-order valence-corrected chi connectivity index (χ3v) is 4.14.